The molecule has 0 N–H and O–H groups in total. The van der Waals surface area contributed by atoms with Gasteiger partial charge in [-0.2, -0.15) is 0 Å². The van der Waals surface area contributed by atoms with Gasteiger partial charge in [-0.1, -0.05) is 0 Å². The van der Waals surface area contributed by atoms with E-state index >= 15 is 0 Å². The van der Waals surface area contributed by atoms with Gasteiger partial charge < -0.3 is 18.5 Å². The average molecular weight is 252 g/mol. The third kappa shape index (κ3) is 5.97. The van der Waals surface area contributed by atoms with Crippen molar-refractivity contribution >= 4 is 7.60 Å². The first kappa shape index (κ1) is 14.1. The monoisotopic (exact) mass is 252 g/mol. The Kier molecular flexibility index (Phi) is 6.54. The molecule has 0 radical (unpaired) electrons. The van der Waals surface area contributed by atoms with Crippen LogP contribution < -0.4 is 0 Å². The van der Waals surface area contributed by atoms with Gasteiger partial charge in [-0.25, -0.2) is 0 Å². The number of hydrogen-bond donors (Lipinski definition) is 0. The summed E-state index contributed by atoms with van der Waals surface area (Å²) in [6.45, 7) is 6.45. The molecule has 0 bridgehead atoms. The Balaban J connectivity index is 2.07. The van der Waals surface area contributed by atoms with Crippen LogP contribution in [0.5, 0.6) is 0 Å². The topological polar surface area (TPSA) is 57.3 Å². The Hall–Kier alpha value is 0.0700. The highest BCUT2D eigenvalue weighted by Gasteiger charge is 2.24. The molecule has 0 aliphatic carbocycles. The minimum Gasteiger partial charge on any atom is -0.379 e. The maximum atomic E-state index is 12.0. The second-order valence-corrected chi connectivity index (χ2v) is 5.74. The maximum absolute atomic E-state index is 12.0. The van der Waals surface area contributed by atoms with E-state index in [0.29, 0.717) is 39.0 Å². The zero-order valence-electron chi connectivity index (χ0n) is 10.0. The molecule has 1 fully saturated rings. The van der Waals surface area contributed by atoms with Gasteiger partial charge in [0.05, 0.1) is 32.6 Å². The highest BCUT2D eigenvalue weighted by Crippen LogP contribution is 2.48. The second-order valence-electron chi connectivity index (χ2n) is 3.55. The van der Waals surface area contributed by atoms with E-state index in [2.05, 4.69) is 0 Å². The molecule has 96 valence electrons. The van der Waals surface area contributed by atoms with Crippen LogP contribution in [0.3, 0.4) is 0 Å². The average Bonchev–Trinajstić information content (AvgIpc) is 3.02. The molecule has 1 aliphatic rings. The summed E-state index contributed by atoms with van der Waals surface area (Å²) in [4.78, 5) is 0. The first-order valence-electron chi connectivity index (χ1n) is 5.77. The number of ether oxygens (including phenoxy) is 2. The molecule has 0 aromatic heterocycles. The molecule has 5 nitrogen and oxygen atoms in total. The second kappa shape index (κ2) is 7.41. The van der Waals surface area contributed by atoms with Crippen LogP contribution in [0.25, 0.3) is 0 Å². The van der Waals surface area contributed by atoms with Gasteiger partial charge in [0.1, 0.15) is 6.10 Å². The summed E-state index contributed by atoms with van der Waals surface area (Å²) < 4.78 is 32.7. The van der Waals surface area contributed by atoms with E-state index in [1.165, 1.54) is 0 Å². The summed E-state index contributed by atoms with van der Waals surface area (Å²) in [5, 5.41) is 0. The Morgan fingerprint density at radius 3 is 2.44 bits per heavy atom. The normalized spacial score (nSPS) is 20.0. The molecular formula is C10H21O5P. The van der Waals surface area contributed by atoms with Crippen molar-refractivity contribution < 1.29 is 23.1 Å². The number of rotatable bonds is 10. The molecule has 0 spiro atoms. The third-order valence-corrected chi connectivity index (χ3v) is 4.25. The van der Waals surface area contributed by atoms with Crippen LogP contribution in [-0.2, 0) is 23.1 Å². The molecule has 16 heavy (non-hydrogen) atoms. The minimum atomic E-state index is -2.88. The van der Waals surface area contributed by atoms with Crippen LogP contribution in [0.1, 0.15) is 20.3 Å². The molecule has 1 atom stereocenters. The highest BCUT2D eigenvalue weighted by atomic mass is 31.2. The first-order valence-corrected chi connectivity index (χ1v) is 7.50. The van der Waals surface area contributed by atoms with Crippen molar-refractivity contribution in [2.24, 2.45) is 0 Å². The lowest BCUT2D eigenvalue weighted by atomic mass is 10.5. The fourth-order valence-electron chi connectivity index (χ4n) is 1.30. The van der Waals surface area contributed by atoms with E-state index < -0.39 is 7.60 Å². The summed E-state index contributed by atoms with van der Waals surface area (Å²) in [5.41, 5.74) is 0. The summed E-state index contributed by atoms with van der Waals surface area (Å²) in [6.07, 6.45) is 1.38. The van der Waals surface area contributed by atoms with Crippen LogP contribution in [-0.4, -0.2) is 45.3 Å². The highest BCUT2D eigenvalue weighted by molar-refractivity contribution is 7.53. The Morgan fingerprint density at radius 2 is 1.94 bits per heavy atom. The summed E-state index contributed by atoms with van der Waals surface area (Å²) in [6, 6.07) is 0. The Morgan fingerprint density at radius 1 is 1.31 bits per heavy atom. The van der Waals surface area contributed by atoms with Crippen LogP contribution >= 0.6 is 7.60 Å². The van der Waals surface area contributed by atoms with Crippen molar-refractivity contribution in [2.45, 2.75) is 26.4 Å². The minimum absolute atomic E-state index is 0.283. The molecule has 0 aromatic rings. The fraction of sp³-hybridized carbons (Fsp3) is 1.00. The summed E-state index contributed by atoms with van der Waals surface area (Å²) >= 11 is 0. The Labute approximate surface area is 96.9 Å². The lowest BCUT2D eigenvalue weighted by Gasteiger charge is -2.16. The molecule has 0 aromatic carbocycles. The molecule has 0 saturated carbocycles. The molecule has 1 saturated heterocycles. The molecule has 1 heterocycles. The van der Waals surface area contributed by atoms with E-state index in [0.717, 1.165) is 6.61 Å². The van der Waals surface area contributed by atoms with Gasteiger partial charge in [0.15, 0.2) is 0 Å². The van der Waals surface area contributed by atoms with Crippen molar-refractivity contribution in [1.82, 2.24) is 0 Å². The summed E-state index contributed by atoms with van der Waals surface area (Å²) in [5.74, 6) is 0. The lowest BCUT2D eigenvalue weighted by molar-refractivity contribution is 0.115. The fourth-order valence-corrected chi connectivity index (χ4v) is 2.93. The van der Waals surface area contributed by atoms with Gasteiger partial charge in [0.25, 0.3) is 0 Å². The quantitative estimate of drug-likeness (QED) is 0.338. The van der Waals surface area contributed by atoms with E-state index in [9.17, 15) is 4.57 Å². The maximum Gasteiger partial charge on any atom is 0.330 e. The van der Waals surface area contributed by atoms with Crippen LogP contribution in [0.2, 0.25) is 0 Å². The molecule has 6 heteroatoms. The molecule has 1 unspecified atom stereocenters. The molecule has 0 amide bonds. The van der Waals surface area contributed by atoms with E-state index in [4.69, 9.17) is 18.5 Å². The van der Waals surface area contributed by atoms with Gasteiger partial charge in [-0.15, -0.1) is 0 Å². The number of hydrogen-bond acceptors (Lipinski definition) is 5. The van der Waals surface area contributed by atoms with Crippen molar-refractivity contribution in [2.75, 3.05) is 39.2 Å². The molecule has 1 rings (SSSR count). The van der Waals surface area contributed by atoms with Gasteiger partial charge >= 0.3 is 7.60 Å². The van der Waals surface area contributed by atoms with Crippen molar-refractivity contribution in [1.29, 1.82) is 0 Å². The van der Waals surface area contributed by atoms with Crippen LogP contribution in [0.4, 0.5) is 0 Å². The molecular weight excluding hydrogens is 231 g/mol. The van der Waals surface area contributed by atoms with E-state index in [-0.39, 0.29) is 6.10 Å². The summed E-state index contributed by atoms with van der Waals surface area (Å²) in [7, 11) is -2.88. The number of epoxide rings is 1. The smallest absolute Gasteiger partial charge is 0.330 e. The zero-order chi connectivity index (χ0) is 11.9. The lowest BCUT2D eigenvalue weighted by Crippen LogP contribution is -2.06. The van der Waals surface area contributed by atoms with Crippen molar-refractivity contribution in [3.05, 3.63) is 0 Å². The van der Waals surface area contributed by atoms with Gasteiger partial charge in [-0.05, 0) is 20.3 Å². The predicted octanol–water partition coefficient (Wildman–Crippen LogP) is 2.06. The third-order valence-electron chi connectivity index (χ3n) is 2.08. The van der Waals surface area contributed by atoms with E-state index in [1.807, 2.05) is 13.8 Å². The van der Waals surface area contributed by atoms with Gasteiger partial charge in [0, 0.05) is 6.61 Å². The van der Waals surface area contributed by atoms with Crippen molar-refractivity contribution in [3.63, 3.8) is 0 Å². The first-order chi connectivity index (χ1) is 7.70. The van der Waals surface area contributed by atoms with Crippen LogP contribution in [0.15, 0.2) is 0 Å². The Bertz CT molecular complexity index is 219. The standard InChI is InChI=1S/C10H21O5P/c1-3-14-16(11,15-4-2)7-5-6-12-8-10-9-13-10/h10H,3-9H2,1-2H3. The van der Waals surface area contributed by atoms with Crippen LogP contribution in [0, 0.1) is 0 Å². The SMILES string of the molecule is CCOP(=O)(CCCOCC1CO1)OCC. The largest absolute Gasteiger partial charge is 0.379 e. The zero-order valence-corrected chi connectivity index (χ0v) is 10.9. The van der Waals surface area contributed by atoms with Crippen molar-refractivity contribution in [3.8, 4) is 0 Å². The molecule has 1 aliphatic heterocycles. The van der Waals surface area contributed by atoms with E-state index in [1.54, 1.807) is 0 Å². The van der Waals surface area contributed by atoms with Gasteiger partial charge in [0.2, 0.25) is 0 Å². The van der Waals surface area contributed by atoms with Gasteiger partial charge in [-0.3, -0.25) is 4.57 Å². The predicted molar refractivity (Wildman–Crippen MR) is 60.9 cm³/mol.